The van der Waals surface area contributed by atoms with Gasteiger partial charge in [0.2, 0.25) is 0 Å². The molecule has 1 aromatic rings. The second-order valence-corrected chi connectivity index (χ2v) is 3.72. The van der Waals surface area contributed by atoms with Gasteiger partial charge in [-0.15, -0.1) is 0 Å². The van der Waals surface area contributed by atoms with E-state index in [1.165, 1.54) is 6.07 Å². The number of nitrogens with one attached hydrogen (secondary N) is 1. The van der Waals surface area contributed by atoms with Crippen LogP contribution in [0, 0.1) is 12.7 Å². The third-order valence-electron chi connectivity index (χ3n) is 2.69. The van der Waals surface area contributed by atoms with Crippen molar-refractivity contribution in [1.29, 1.82) is 0 Å². The van der Waals surface area contributed by atoms with Gasteiger partial charge in [-0.3, -0.25) is 0 Å². The summed E-state index contributed by atoms with van der Waals surface area (Å²) in [7, 11) is 3.55. The fourth-order valence-corrected chi connectivity index (χ4v) is 1.67. The Labute approximate surface area is 90.4 Å². The summed E-state index contributed by atoms with van der Waals surface area (Å²) in [5, 5.41) is 3.17. The summed E-state index contributed by atoms with van der Waals surface area (Å²) in [5.41, 5.74) is 1.71. The van der Waals surface area contributed by atoms with Crippen molar-refractivity contribution in [3.05, 3.63) is 35.1 Å². The van der Waals surface area contributed by atoms with Crippen molar-refractivity contribution in [3.63, 3.8) is 0 Å². The lowest BCUT2D eigenvalue weighted by Crippen LogP contribution is -2.28. The molecule has 15 heavy (non-hydrogen) atoms. The van der Waals surface area contributed by atoms with E-state index in [2.05, 4.69) is 5.32 Å². The van der Waals surface area contributed by atoms with Crippen LogP contribution in [-0.2, 0) is 4.74 Å². The van der Waals surface area contributed by atoms with Crippen molar-refractivity contribution < 1.29 is 9.13 Å². The molecule has 1 N–H and O–H groups in total. The van der Waals surface area contributed by atoms with Crippen molar-refractivity contribution in [2.24, 2.45) is 0 Å². The van der Waals surface area contributed by atoms with Gasteiger partial charge in [-0.05, 0) is 38.1 Å². The average molecular weight is 211 g/mol. The molecule has 1 aromatic carbocycles. The minimum atomic E-state index is -0.168. The van der Waals surface area contributed by atoms with E-state index < -0.39 is 0 Å². The molecule has 0 aliphatic heterocycles. The van der Waals surface area contributed by atoms with Crippen LogP contribution in [0.25, 0.3) is 0 Å². The second-order valence-electron chi connectivity index (χ2n) is 3.72. The molecule has 0 spiro atoms. The highest BCUT2D eigenvalue weighted by Crippen LogP contribution is 2.20. The smallest absolute Gasteiger partial charge is 0.126 e. The number of hydrogen-bond donors (Lipinski definition) is 1. The van der Waals surface area contributed by atoms with E-state index in [-0.39, 0.29) is 18.0 Å². The Morgan fingerprint density at radius 2 is 2.07 bits per heavy atom. The Balaban J connectivity index is 2.97. The molecule has 0 aliphatic rings. The van der Waals surface area contributed by atoms with Gasteiger partial charge < -0.3 is 10.1 Å². The zero-order chi connectivity index (χ0) is 11.4. The molecule has 0 bridgehead atoms. The molecule has 0 aliphatic carbocycles. The molecule has 2 unspecified atom stereocenters. The third-order valence-corrected chi connectivity index (χ3v) is 2.69. The molecule has 1 rings (SSSR count). The van der Waals surface area contributed by atoms with Crippen LogP contribution >= 0.6 is 0 Å². The van der Waals surface area contributed by atoms with Gasteiger partial charge >= 0.3 is 0 Å². The highest BCUT2D eigenvalue weighted by atomic mass is 19.1. The number of rotatable bonds is 4. The molecule has 0 amide bonds. The lowest BCUT2D eigenvalue weighted by atomic mass is 10.0. The Morgan fingerprint density at radius 1 is 1.40 bits per heavy atom. The summed E-state index contributed by atoms with van der Waals surface area (Å²) in [6, 6.07) is 5.23. The van der Waals surface area contributed by atoms with Crippen LogP contribution in [0.3, 0.4) is 0 Å². The summed E-state index contributed by atoms with van der Waals surface area (Å²) in [6.07, 6.45) is 0.0554. The fourth-order valence-electron chi connectivity index (χ4n) is 1.67. The number of benzene rings is 1. The van der Waals surface area contributed by atoms with Crippen LogP contribution in [0.2, 0.25) is 0 Å². The number of likely N-dealkylation sites (N-methyl/N-ethyl adjacent to an activating group) is 1. The molecule has 0 heterocycles. The van der Waals surface area contributed by atoms with Crippen LogP contribution in [0.15, 0.2) is 18.2 Å². The molecule has 3 heteroatoms. The van der Waals surface area contributed by atoms with Crippen LogP contribution in [-0.4, -0.2) is 20.3 Å². The van der Waals surface area contributed by atoms with Crippen LogP contribution in [0.5, 0.6) is 0 Å². The van der Waals surface area contributed by atoms with Gasteiger partial charge in [-0.2, -0.15) is 0 Å². The monoisotopic (exact) mass is 211 g/mol. The van der Waals surface area contributed by atoms with Crippen molar-refractivity contribution in [1.82, 2.24) is 5.32 Å². The van der Waals surface area contributed by atoms with Crippen molar-refractivity contribution in [2.75, 3.05) is 14.2 Å². The molecule has 2 atom stereocenters. The summed E-state index contributed by atoms with van der Waals surface area (Å²) in [5.74, 6) is -0.168. The zero-order valence-electron chi connectivity index (χ0n) is 9.67. The number of hydrogen-bond acceptors (Lipinski definition) is 2. The highest BCUT2D eigenvalue weighted by Gasteiger charge is 2.17. The van der Waals surface area contributed by atoms with Gasteiger partial charge in [0.25, 0.3) is 0 Å². The molecular formula is C12H18FNO. The standard InChI is InChI=1S/C12H18FNO/c1-8-7-10(5-6-11(8)13)12(14-3)9(2)15-4/h5-7,9,12,14H,1-4H3. The molecule has 0 saturated carbocycles. The van der Waals surface area contributed by atoms with E-state index in [4.69, 9.17) is 4.74 Å². The van der Waals surface area contributed by atoms with Gasteiger partial charge in [-0.25, -0.2) is 4.39 Å². The third kappa shape index (κ3) is 2.76. The normalized spacial score (nSPS) is 15.0. The van der Waals surface area contributed by atoms with Crippen LogP contribution < -0.4 is 5.32 Å². The second kappa shape index (κ2) is 5.24. The van der Waals surface area contributed by atoms with Gasteiger partial charge in [0.15, 0.2) is 0 Å². The van der Waals surface area contributed by atoms with Gasteiger partial charge in [-0.1, -0.05) is 12.1 Å². The maximum absolute atomic E-state index is 13.1. The van der Waals surface area contributed by atoms with E-state index in [1.807, 2.05) is 20.0 Å². The van der Waals surface area contributed by atoms with E-state index >= 15 is 0 Å². The van der Waals surface area contributed by atoms with Crippen molar-refractivity contribution in [2.45, 2.75) is 26.0 Å². The van der Waals surface area contributed by atoms with E-state index in [0.29, 0.717) is 5.56 Å². The first-order chi connectivity index (χ1) is 7.10. The van der Waals surface area contributed by atoms with Gasteiger partial charge in [0, 0.05) is 7.11 Å². The SMILES string of the molecule is CNC(c1ccc(F)c(C)c1)C(C)OC. The topological polar surface area (TPSA) is 21.3 Å². The predicted octanol–water partition coefficient (Wildman–Crippen LogP) is 2.43. The predicted molar refractivity (Wildman–Crippen MR) is 59.4 cm³/mol. The Hall–Kier alpha value is -0.930. The molecule has 84 valence electrons. The molecule has 0 radical (unpaired) electrons. The average Bonchev–Trinajstić information content (AvgIpc) is 2.24. The molecule has 2 nitrogen and oxygen atoms in total. The maximum atomic E-state index is 13.1. The summed E-state index contributed by atoms with van der Waals surface area (Å²) >= 11 is 0. The van der Waals surface area contributed by atoms with Crippen LogP contribution in [0.4, 0.5) is 4.39 Å². The molecule has 0 fully saturated rings. The first-order valence-electron chi connectivity index (χ1n) is 5.06. The molecule has 0 aromatic heterocycles. The lowest BCUT2D eigenvalue weighted by molar-refractivity contribution is 0.0856. The van der Waals surface area contributed by atoms with Crippen LogP contribution in [0.1, 0.15) is 24.1 Å². The zero-order valence-corrected chi connectivity index (χ0v) is 9.67. The summed E-state index contributed by atoms with van der Waals surface area (Å²) < 4.78 is 18.4. The Kier molecular flexibility index (Phi) is 4.24. The number of methoxy groups -OCH3 is 1. The van der Waals surface area contributed by atoms with Crippen molar-refractivity contribution >= 4 is 0 Å². The summed E-state index contributed by atoms with van der Waals surface area (Å²) in [4.78, 5) is 0. The minimum absolute atomic E-state index is 0.0554. The number of aryl methyl sites for hydroxylation is 1. The fraction of sp³-hybridized carbons (Fsp3) is 0.500. The minimum Gasteiger partial charge on any atom is -0.380 e. The van der Waals surface area contributed by atoms with Gasteiger partial charge in [0.1, 0.15) is 5.82 Å². The van der Waals surface area contributed by atoms with E-state index in [1.54, 1.807) is 20.1 Å². The number of halogens is 1. The first kappa shape index (κ1) is 12.1. The molecule has 0 saturated heterocycles. The maximum Gasteiger partial charge on any atom is 0.126 e. The van der Waals surface area contributed by atoms with E-state index in [9.17, 15) is 4.39 Å². The van der Waals surface area contributed by atoms with Gasteiger partial charge in [0.05, 0.1) is 12.1 Å². The number of ether oxygens (including phenoxy) is 1. The highest BCUT2D eigenvalue weighted by molar-refractivity contribution is 5.27. The quantitative estimate of drug-likeness (QED) is 0.826. The largest absolute Gasteiger partial charge is 0.380 e. The first-order valence-corrected chi connectivity index (χ1v) is 5.06. The van der Waals surface area contributed by atoms with Crippen molar-refractivity contribution in [3.8, 4) is 0 Å². The Morgan fingerprint density at radius 3 is 2.53 bits per heavy atom. The molecular weight excluding hydrogens is 193 g/mol. The van der Waals surface area contributed by atoms with E-state index in [0.717, 1.165) is 5.56 Å². The summed E-state index contributed by atoms with van der Waals surface area (Å²) in [6.45, 7) is 3.75. The Bertz CT molecular complexity index is 327. The lowest BCUT2D eigenvalue weighted by Gasteiger charge is -2.23.